The second-order valence-corrected chi connectivity index (χ2v) is 6.98. The maximum Gasteiger partial charge on any atom is 0.162 e. The van der Waals surface area contributed by atoms with Gasteiger partial charge in [0.15, 0.2) is 11.5 Å². The Labute approximate surface area is 165 Å². The highest BCUT2D eigenvalue weighted by Gasteiger charge is 2.15. The smallest absolute Gasteiger partial charge is 0.162 e. The van der Waals surface area contributed by atoms with Crippen molar-refractivity contribution in [3.05, 3.63) is 47.6 Å². The molecule has 5 rings (SSSR count). The minimum Gasteiger partial charge on any atom is -0.497 e. The molecule has 0 atom stereocenters. The van der Waals surface area contributed by atoms with Gasteiger partial charge in [-0.15, -0.1) is 0 Å². The van der Waals surface area contributed by atoms with E-state index in [0.29, 0.717) is 16.7 Å². The third kappa shape index (κ3) is 2.36. The molecule has 0 aliphatic carbocycles. The zero-order chi connectivity index (χ0) is 19.4. The molecule has 6 heteroatoms. The number of aromatic nitrogens is 2. The topological polar surface area (TPSA) is 56.4 Å². The van der Waals surface area contributed by atoms with Crippen LogP contribution < -0.4 is 14.2 Å². The summed E-state index contributed by atoms with van der Waals surface area (Å²) in [6, 6.07) is 13.9. The van der Waals surface area contributed by atoms with Gasteiger partial charge in [-0.3, -0.25) is 0 Å². The number of ether oxygens (including phenoxy) is 3. The second kappa shape index (κ2) is 6.17. The molecule has 0 radical (unpaired) electrons. The van der Waals surface area contributed by atoms with Crippen LogP contribution in [0.1, 0.15) is 0 Å². The Bertz CT molecular complexity index is 1390. The van der Waals surface area contributed by atoms with E-state index < -0.39 is 0 Å². The maximum absolute atomic E-state index is 6.61. The van der Waals surface area contributed by atoms with Crippen LogP contribution in [0.5, 0.6) is 17.2 Å². The number of nitrogens with zero attached hydrogens (tertiary/aromatic N) is 1. The number of hydrogen-bond acceptors (Lipinski definition) is 4. The van der Waals surface area contributed by atoms with Crippen molar-refractivity contribution in [2.24, 2.45) is 0 Å². The molecular formula is C22H17ClN2O3. The van der Waals surface area contributed by atoms with Crippen LogP contribution in [0.2, 0.25) is 5.15 Å². The summed E-state index contributed by atoms with van der Waals surface area (Å²) in [5, 5.41) is 5.56. The fourth-order valence-corrected chi connectivity index (χ4v) is 4.03. The highest BCUT2D eigenvalue weighted by Crippen LogP contribution is 2.39. The minimum atomic E-state index is 0.564. The van der Waals surface area contributed by atoms with Gasteiger partial charge in [0.1, 0.15) is 10.9 Å². The zero-order valence-electron chi connectivity index (χ0n) is 15.6. The van der Waals surface area contributed by atoms with Crippen LogP contribution in [-0.2, 0) is 0 Å². The Morgan fingerprint density at radius 2 is 1.46 bits per heavy atom. The van der Waals surface area contributed by atoms with E-state index in [0.717, 1.165) is 49.2 Å². The first kappa shape index (κ1) is 17.0. The first-order chi connectivity index (χ1) is 13.6. The van der Waals surface area contributed by atoms with Crippen LogP contribution in [0, 0.1) is 0 Å². The van der Waals surface area contributed by atoms with Crippen molar-refractivity contribution < 1.29 is 14.2 Å². The van der Waals surface area contributed by atoms with Gasteiger partial charge in [0.2, 0.25) is 0 Å². The van der Waals surface area contributed by atoms with Crippen molar-refractivity contribution in [1.29, 1.82) is 0 Å². The molecule has 0 unspecified atom stereocenters. The second-order valence-electron chi connectivity index (χ2n) is 6.60. The molecule has 0 spiro atoms. The Balaban J connectivity index is 1.92. The van der Waals surface area contributed by atoms with Gasteiger partial charge in [-0.1, -0.05) is 11.6 Å². The van der Waals surface area contributed by atoms with Crippen LogP contribution in [-0.4, -0.2) is 31.3 Å². The molecule has 0 saturated heterocycles. The van der Waals surface area contributed by atoms with Crippen molar-refractivity contribution in [2.75, 3.05) is 21.3 Å². The molecule has 1 N–H and O–H groups in total. The lowest BCUT2D eigenvalue weighted by atomic mass is 10.0. The van der Waals surface area contributed by atoms with E-state index in [4.69, 9.17) is 30.8 Å². The van der Waals surface area contributed by atoms with Crippen LogP contribution in [0.3, 0.4) is 0 Å². The molecule has 0 saturated carbocycles. The highest BCUT2D eigenvalue weighted by molar-refractivity contribution is 6.36. The number of aromatic amines is 1. The van der Waals surface area contributed by atoms with Crippen LogP contribution in [0.25, 0.3) is 43.5 Å². The standard InChI is InChI=1S/C22H17ClN2O3/c1-26-11-4-5-17-13(6-11)14-7-16-12(8-18(14)24-17)15-9-20(27-2)21(28-3)10-19(15)25-22(16)23/h4-10,25H,1-3H3. The van der Waals surface area contributed by atoms with E-state index in [2.05, 4.69) is 17.1 Å². The zero-order valence-corrected chi connectivity index (χ0v) is 16.3. The number of halogens is 1. The number of rotatable bonds is 3. The molecule has 0 fully saturated rings. The average Bonchev–Trinajstić information content (AvgIpc) is 3.08. The van der Waals surface area contributed by atoms with Crippen LogP contribution >= 0.6 is 11.6 Å². The maximum atomic E-state index is 6.61. The van der Waals surface area contributed by atoms with Gasteiger partial charge in [-0.25, -0.2) is 4.98 Å². The molecular weight excluding hydrogens is 376 g/mol. The first-order valence-electron chi connectivity index (χ1n) is 8.77. The molecule has 0 aliphatic heterocycles. The van der Waals surface area contributed by atoms with Crippen LogP contribution in [0.15, 0.2) is 42.5 Å². The van der Waals surface area contributed by atoms with Crippen molar-refractivity contribution in [3.63, 3.8) is 0 Å². The van der Waals surface area contributed by atoms with E-state index in [-0.39, 0.29) is 0 Å². The molecule has 0 bridgehead atoms. The average molecular weight is 393 g/mol. The monoisotopic (exact) mass is 392 g/mol. The highest BCUT2D eigenvalue weighted by atomic mass is 35.5. The van der Waals surface area contributed by atoms with Gasteiger partial charge in [0, 0.05) is 27.6 Å². The Hall–Kier alpha value is -3.18. The summed E-state index contributed by atoms with van der Waals surface area (Å²) < 4.78 is 16.3. The van der Waals surface area contributed by atoms with Gasteiger partial charge >= 0.3 is 0 Å². The van der Waals surface area contributed by atoms with E-state index in [9.17, 15) is 0 Å². The molecule has 5 aromatic rings. The summed E-state index contributed by atoms with van der Waals surface area (Å²) in [5.41, 5.74) is 2.70. The summed E-state index contributed by atoms with van der Waals surface area (Å²) >= 11 is 6.61. The van der Waals surface area contributed by atoms with Gasteiger partial charge in [0.25, 0.3) is 0 Å². The molecule has 2 aromatic heterocycles. The third-order valence-corrected chi connectivity index (χ3v) is 5.46. The SMILES string of the molecule is COc1ccc2nc3cc4c(cc3c2c1)c(Cl)[nH]c1cc(OC)c(OC)cc14. The first-order valence-corrected chi connectivity index (χ1v) is 9.15. The minimum absolute atomic E-state index is 0.564. The van der Waals surface area contributed by atoms with E-state index in [1.807, 2.05) is 30.3 Å². The lowest BCUT2D eigenvalue weighted by molar-refractivity contribution is 0.356. The Morgan fingerprint density at radius 1 is 0.714 bits per heavy atom. The predicted molar refractivity (Wildman–Crippen MR) is 113 cm³/mol. The number of fused-ring (bicyclic) bond motifs is 6. The fourth-order valence-electron chi connectivity index (χ4n) is 3.78. The number of nitrogens with one attached hydrogen (secondary N) is 1. The van der Waals surface area contributed by atoms with Gasteiger partial charge in [-0.05, 0) is 41.8 Å². The quantitative estimate of drug-likeness (QED) is 0.316. The lowest BCUT2D eigenvalue weighted by Crippen LogP contribution is -1.93. The fraction of sp³-hybridized carbons (Fsp3) is 0.136. The number of pyridine rings is 1. The lowest BCUT2D eigenvalue weighted by Gasteiger charge is -2.12. The van der Waals surface area contributed by atoms with E-state index >= 15 is 0 Å². The largest absolute Gasteiger partial charge is 0.497 e. The van der Waals surface area contributed by atoms with Crippen LogP contribution in [0.4, 0.5) is 0 Å². The normalized spacial score (nSPS) is 11.6. The molecule has 0 amide bonds. The van der Waals surface area contributed by atoms with Gasteiger partial charge < -0.3 is 19.2 Å². The molecule has 140 valence electrons. The third-order valence-electron chi connectivity index (χ3n) is 5.17. The summed E-state index contributed by atoms with van der Waals surface area (Å²) in [5.74, 6) is 2.11. The summed E-state index contributed by atoms with van der Waals surface area (Å²) in [6.07, 6.45) is 0. The van der Waals surface area contributed by atoms with Crippen molar-refractivity contribution in [2.45, 2.75) is 0 Å². The van der Waals surface area contributed by atoms with Crippen molar-refractivity contribution in [3.8, 4) is 17.2 Å². The summed E-state index contributed by atoms with van der Waals surface area (Å²) in [4.78, 5) is 8.06. The van der Waals surface area contributed by atoms with Crippen molar-refractivity contribution in [1.82, 2.24) is 9.97 Å². The van der Waals surface area contributed by atoms with E-state index in [1.165, 1.54) is 0 Å². The van der Waals surface area contributed by atoms with Gasteiger partial charge in [-0.2, -0.15) is 0 Å². The molecule has 0 aliphatic rings. The Kier molecular flexibility index (Phi) is 3.74. The van der Waals surface area contributed by atoms with Gasteiger partial charge in [0.05, 0.1) is 37.9 Å². The molecule has 3 aromatic carbocycles. The number of hydrogen-bond donors (Lipinski definition) is 1. The Morgan fingerprint density at radius 3 is 2.21 bits per heavy atom. The summed E-state index contributed by atoms with van der Waals surface area (Å²) in [6.45, 7) is 0. The number of methoxy groups -OCH3 is 3. The molecule has 5 nitrogen and oxygen atoms in total. The molecule has 2 heterocycles. The number of benzene rings is 3. The number of H-pyrrole nitrogens is 1. The van der Waals surface area contributed by atoms with E-state index in [1.54, 1.807) is 21.3 Å². The van der Waals surface area contributed by atoms with Crippen molar-refractivity contribution >= 4 is 55.1 Å². The predicted octanol–water partition coefficient (Wildman–Crippen LogP) is 5.70. The summed E-state index contributed by atoms with van der Waals surface area (Å²) in [7, 11) is 4.90. The molecule has 28 heavy (non-hydrogen) atoms.